The van der Waals surface area contributed by atoms with Crippen molar-refractivity contribution in [1.29, 1.82) is 0 Å². The molecule has 0 radical (unpaired) electrons. The molecule has 2 aromatic carbocycles. The first-order chi connectivity index (χ1) is 16.7. The fourth-order valence-electron chi connectivity index (χ4n) is 3.76. The van der Waals surface area contributed by atoms with Gasteiger partial charge in [-0.1, -0.05) is 52.6 Å². The van der Waals surface area contributed by atoms with E-state index in [9.17, 15) is 18.0 Å². The molecule has 0 N–H and O–H groups in total. The Morgan fingerprint density at radius 2 is 1.89 bits per heavy atom. The maximum Gasteiger partial charge on any atom is 0.432 e. The SMILES string of the molecule is O=C(c1noc(-c2ccncn2)n1)c1c(C(F)(F)F)n(Cc2ccc(Cl)cc2Cl)c2ccccc12. The molecule has 0 aliphatic rings. The molecular weight excluding hydrogens is 506 g/mol. The van der Waals surface area contributed by atoms with Crippen LogP contribution in [0, 0.1) is 0 Å². The van der Waals surface area contributed by atoms with Gasteiger partial charge in [-0.3, -0.25) is 4.79 Å². The lowest BCUT2D eigenvalue weighted by molar-refractivity contribution is -0.143. The number of rotatable bonds is 5. The predicted molar refractivity (Wildman–Crippen MR) is 121 cm³/mol. The Morgan fingerprint density at radius 3 is 2.60 bits per heavy atom. The van der Waals surface area contributed by atoms with Gasteiger partial charge in [0.2, 0.25) is 11.6 Å². The van der Waals surface area contributed by atoms with Gasteiger partial charge in [-0.25, -0.2) is 9.97 Å². The lowest BCUT2D eigenvalue weighted by atomic mass is 10.1. The standard InChI is InChI=1S/C23H12Cl2F3N5O2/c24-13-6-5-12(15(25)9-13)10-33-17-4-2-1-3-14(17)18(20(33)23(26,27)28)19(34)21-31-22(35-32-21)16-7-8-29-11-30-16/h1-9,11H,10H2. The number of aromatic nitrogens is 5. The minimum Gasteiger partial charge on any atom is -0.332 e. The van der Waals surface area contributed by atoms with Gasteiger partial charge >= 0.3 is 6.18 Å². The topological polar surface area (TPSA) is 86.7 Å². The van der Waals surface area contributed by atoms with Crippen LogP contribution >= 0.6 is 23.2 Å². The van der Waals surface area contributed by atoms with E-state index in [1.54, 1.807) is 12.1 Å². The highest BCUT2D eigenvalue weighted by molar-refractivity contribution is 6.35. The molecule has 0 bridgehead atoms. The van der Waals surface area contributed by atoms with Gasteiger partial charge in [0.05, 0.1) is 5.56 Å². The van der Waals surface area contributed by atoms with E-state index in [0.29, 0.717) is 10.6 Å². The zero-order chi connectivity index (χ0) is 24.7. The molecule has 5 aromatic rings. The van der Waals surface area contributed by atoms with Crippen LogP contribution in [0.2, 0.25) is 10.0 Å². The monoisotopic (exact) mass is 517 g/mol. The quantitative estimate of drug-likeness (QED) is 0.262. The number of halogens is 5. The van der Waals surface area contributed by atoms with Crippen molar-refractivity contribution in [2.75, 3.05) is 0 Å². The van der Waals surface area contributed by atoms with Gasteiger partial charge < -0.3 is 9.09 Å². The number of nitrogens with zero attached hydrogens (tertiary/aromatic N) is 5. The molecule has 0 unspecified atom stereocenters. The number of alkyl halides is 3. The summed E-state index contributed by atoms with van der Waals surface area (Å²) < 4.78 is 49.4. The molecule has 0 fully saturated rings. The first-order valence-corrected chi connectivity index (χ1v) is 10.8. The molecule has 0 saturated carbocycles. The average Bonchev–Trinajstić information content (AvgIpc) is 3.45. The van der Waals surface area contributed by atoms with Crippen molar-refractivity contribution in [1.82, 2.24) is 24.7 Å². The van der Waals surface area contributed by atoms with Crippen molar-refractivity contribution < 1.29 is 22.5 Å². The molecule has 12 heteroatoms. The Hall–Kier alpha value is -3.76. The van der Waals surface area contributed by atoms with Crippen LogP contribution in [0.15, 0.2) is 65.6 Å². The molecular formula is C23H12Cl2F3N5O2. The molecule has 35 heavy (non-hydrogen) atoms. The maximum atomic E-state index is 14.5. The van der Waals surface area contributed by atoms with E-state index in [-0.39, 0.29) is 34.1 Å². The van der Waals surface area contributed by atoms with Crippen molar-refractivity contribution in [2.45, 2.75) is 12.7 Å². The van der Waals surface area contributed by atoms with Crippen molar-refractivity contribution in [3.05, 3.63) is 93.7 Å². The van der Waals surface area contributed by atoms with E-state index in [4.69, 9.17) is 27.7 Å². The zero-order valence-electron chi connectivity index (χ0n) is 17.4. The van der Waals surface area contributed by atoms with Crippen molar-refractivity contribution in [2.24, 2.45) is 0 Å². The maximum absolute atomic E-state index is 14.5. The fourth-order valence-corrected chi connectivity index (χ4v) is 4.23. The highest BCUT2D eigenvalue weighted by atomic mass is 35.5. The van der Waals surface area contributed by atoms with Crippen LogP contribution < -0.4 is 0 Å². The van der Waals surface area contributed by atoms with E-state index in [0.717, 1.165) is 4.57 Å². The second-order valence-corrected chi connectivity index (χ2v) is 8.25. The number of benzene rings is 2. The molecule has 3 heterocycles. The number of carbonyl (C=O) groups is 1. The van der Waals surface area contributed by atoms with Crippen LogP contribution in [-0.4, -0.2) is 30.5 Å². The summed E-state index contributed by atoms with van der Waals surface area (Å²) in [7, 11) is 0. The van der Waals surface area contributed by atoms with Crippen LogP contribution in [0.5, 0.6) is 0 Å². The van der Waals surface area contributed by atoms with Gasteiger partial charge in [0.25, 0.3) is 5.89 Å². The Morgan fingerprint density at radius 1 is 1.09 bits per heavy atom. The summed E-state index contributed by atoms with van der Waals surface area (Å²) in [6.45, 7) is -0.253. The Bertz CT molecular complexity index is 1560. The van der Waals surface area contributed by atoms with Crippen molar-refractivity contribution >= 4 is 39.9 Å². The van der Waals surface area contributed by atoms with Gasteiger partial charge in [-0.15, -0.1) is 0 Å². The number of ketones is 1. The van der Waals surface area contributed by atoms with Gasteiger partial charge in [0, 0.05) is 33.7 Å². The molecule has 0 spiro atoms. The molecule has 0 aliphatic heterocycles. The third kappa shape index (κ3) is 4.26. The molecule has 5 rings (SSSR count). The van der Waals surface area contributed by atoms with E-state index >= 15 is 0 Å². The summed E-state index contributed by atoms with van der Waals surface area (Å²) in [5.74, 6) is -1.70. The molecule has 0 saturated heterocycles. The van der Waals surface area contributed by atoms with E-state index in [1.807, 2.05) is 0 Å². The lowest BCUT2D eigenvalue weighted by Gasteiger charge is -2.15. The van der Waals surface area contributed by atoms with E-state index < -0.39 is 29.0 Å². The minimum absolute atomic E-state index is 0.0864. The summed E-state index contributed by atoms with van der Waals surface area (Å²) in [5.41, 5.74) is -0.931. The second-order valence-electron chi connectivity index (χ2n) is 7.41. The number of carbonyl (C=O) groups excluding carboxylic acids is 1. The molecule has 7 nitrogen and oxygen atoms in total. The van der Waals surface area contributed by atoms with Gasteiger partial charge in [0.1, 0.15) is 17.7 Å². The highest BCUT2D eigenvalue weighted by Crippen LogP contribution is 2.40. The van der Waals surface area contributed by atoms with Crippen molar-refractivity contribution in [3.63, 3.8) is 0 Å². The fraction of sp³-hybridized carbons (Fsp3) is 0.0870. The van der Waals surface area contributed by atoms with Gasteiger partial charge in [-0.05, 0) is 29.8 Å². The van der Waals surface area contributed by atoms with Gasteiger partial charge in [0.15, 0.2) is 0 Å². The first kappa shape index (κ1) is 23.0. The normalized spacial score (nSPS) is 11.8. The third-order valence-electron chi connectivity index (χ3n) is 5.24. The first-order valence-electron chi connectivity index (χ1n) is 10.0. The second kappa shape index (κ2) is 8.79. The Labute approximate surface area is 205 Å². The van der Waals surface area contributed by atoms with Crippen LogP contribution in [0.25, 0.3) is 22.5 Å². The van der Waals surface area contributed by atoms with Gasteiger partial charge in [-0.2, -0.15) is 18.2 Å². The van der Waals surface area contributed by atoms with E-state index in [2.05, 4.69) is 20.1 Å². The summed E-state index contributed by atoms with van der Waals surface area (Å²) in [6, 6.07) is 12.0. The highest BCUT2D eigenvalue weighted by Gasteiger charge is 2.42. The van der Waals surface area contributed by atoms with Crippen molar-refractivity contribution in [3.8, 4) is 11.6 Å². The average molecular weight is 518 g/mol. The number of fused-ring (bicyclic) bond motifs is 1. The van der Waals surface area contributed by atoms with Crippen LogP contribution in [0.3, 0.4) is 0 Å². The molecule has 0 aliphatic carbocycles. The van der Waals surface area contributed by atoms with E-state index in [1.165, 1.54) is 48.9 Å². The summed E-state index contributed by atoms with van der Waals surface area (Å²) in [6.07, 6.45) is -2.23. The molecule has 0 amide bonds. The summed E-state index contributed by atoms with van der Waals surface area (Å²) in [5, 5.41) is 4.24. The van der Waals surface area contributed by atoms with Crippen LogP contribution in [0.1, 0.15) is 27.4 Å². The zero-order valence-corrected chi connectivity index (χ0v) is 18.9. The molecule has 176 valence electrons. The predicted octanol–water partition coefficient (Wildman–Crippen LogP) is 6.09. The minimum atomic E-state index is -4.89. The number of para-hydroxylation sites is 1. The smallest absolute Gasteiger partial charge is 0.332 e. The number of hydrogen-bond acceptors (Lipinski definition) is 6. The summed E-state index contributed by atoms with van der Waals surface area (Å²) >= 11 is 12.2. The Kier molecular flexibility index (Phi) is 5.78. The molecule has 3 aromatic heterocycles. The lowest BCUT2D eigenvalue weighted by Crippen LogP contribution is -2.19. The molecule has 0 atom stereocenters. The number of hydrogen-bond donors (Lipinski definition) is 0. The largest absolute Gasteiger partial charge is 0.432 e. The van der Waals surface area contributed by atoms with Crippen LogP contribution in [-0.2, 0) is 12.7 Å². The Balaban J connectivity index is 1.68. The van der Waals surface area contributed by atoms with Crippen LogP contribution in [0.4, 0.5) is 13.2 Å². The summed E-state index contributed by atoms with van der Waals surface area (Å²) in [4.78, 5) is 25.1. The third-order valence-corrected chi connectivity index (χ3v) is 5.83.